The van der Waals surface area contributed by atoms with E-state index < -0.39 is 4.92 Å². The summed E-state index contributed by atoms with van der Waals surface area (Å²) in [4.78, 5) is 27.7. The number of nitro benzene ring substituents is 1. The zero-order valence-corrected chi connectivity index (χ0v) is 15.2. The van der Waals surface area contributed by atoms with Crippen molar-refractivity contribution in [2.45, 2.75) is 19.9 Å². The van der Waals surface area contributed by atoms with Gasteiger partial charge >= 0.3 is 0 Å². The fourth-order valence-corrected chi connectivity index (χ4v) is 3.81. The number of non-ortho nitro benzene ring substituents is 1. The molecule has 2 aromatic carbocycles. The molecule has 7 nitrogen and oxygen atoms in total. The van der Waals surface area contributed by atoms with Gasteiger partial charge in [-0.3, -0.25) is 14.9 Å². The van der Waals surface area contributed by atoms with Crippen LogP contribution >= 0.6 is 11.3 Å². The number of hydrogen-bond acceptors (Lipinski definition) is 5. The van der Waals surface area contributed by atoms with Crippen LogP contribution in [-0.4, -0.2) is 22.5 Å². The highest BCUT2D eigenvalue weighted by atomic mass is 32.1. The molecule has 26 heavy (non-hydrogen) atoms. The van der Waals surface area contributed by atoms with E-state index in [1.54, 1.807) is 19.2 Å². The fourth-order valence-electron chi connectivity index (χ4n) is 2.67. The van der Waals surface area contributed by atoms with Gasteiger partial charge in [-0.15, -0.1) is 0 Å². The largest absolute Gasteiger partial charge is 0.497 e. The molecule has 0 saturated heterocycles. The second-order valence-corrected chi connectivity index (χ2v) is 6.58. The quantitative estimate of drug-likeness (QED) is 0.508. The standard InChI is InChI=1S/C18H17N3O4S/c1-3-20-15-8-7-13(21(23)24)11-16(15)26-18(20)19-17(22)10-12-5-4-6-14(9-12)25-2/h4-9,11H,3,10H2,1-2H3. The summed E-state index contributed by atoms with van der Waals surface area (Å²) in [7, 11) is 1.58. The number of hydrogen-bond donors (Lipinski definition) is 0. The molecule has 1 aromatic heterocycles. The second-order valence-electron chi connectivity index (χ2n) is 5.57. The number of nitro groups is 1. The molecule has 0 saturated carbocycles. The van der Waals surface area contributed by atoms with Crippen LogP contribution in [0.15, 0.2) is 47.5 Å². The number of fused-ring (bicyclic) bond motifs is 1. The van der Waals surface area contributed by atoms with Crippen molar-refractivity contribution < 1.29 is 14.5 Å². The van der Waals surface area contributed by atoms with Crippen molar-refractivity contribution in [3.8, 4) is 5.75 Å². The van der Waals surface area contributed by atoms with Crippen LogP contribution in [0.1, 0.15) is 12.5 Å². The highest BCUT2D eigenvalue weighted by molar-refractivity contribution is 7.16. The van der Waals surface area contributed by atoms with Crippen molar-refractivity contribution in [2.75, 3.05) is 7.11 Å². The zero-order valence-electron chi connectivity index (χ0n) is 14.3. The molecule has 1 heterocycles. The van der Waals surface area contributed by atoms with Crippen molar-refractivity contribution in [3.63, 3.8) is 0 Å². The van der Waals surface area contributed by atoms with Crippen LogP contribution in [0.3, 0.4) is 0 Å². The van der Waals surface area contributed by atoms with E-state index in [0.717, 1.165) is 15.8 Å². The average Bonchev–Trinajstić information content (AvgIpc) is 2.97. The Balaban J connectivity index is 1.97. The third-order valence-corrected chi connectivity index (χ3v) is 4.94. The molecule has 134 valence electrons. The van der Waals surface area contributed by atoms with E-state index in [4.69, 9.17) is 4.74 Å². The predicted octanol–water partition coefficient (Wildman–Crippen LogP) is 3.31. The maximum atomic E-state index is 12.4. The highest BCUT2D eigenvalue weighted by Gasteiger charge is 2.12. The minimum Gasteiger partial charge on any atom is -0.497 e. The van der Waals surface area contributed by atoms with Crippen LogP contribution < -0.4 is 9.54 Å². The van der Waals surface area contributed by atoms with Crippen LogP contribution in [0.4, 0.5) is 5.69 Å². The van der Waals surface area contributed by atoms with Crippen molar-refractivity contribution in [1.82, 2.24) is 4.57 Å². The molecule has 0 unspecified atom stereocenters. The number of amides is 1. The second kappa shape index (κ2) is 7.49. The summed E-state index contributed by atoms with van der Waals surface area (Å²) in [6.45, 7) is 2.56. The summed E-state index contributed by atoms with van der Waals surface area (Å²) in [6.07, 6.45) is 0.162. The SMILES string of the molecule is CCn1c(=NC(=O)Cc2cccc(OC)c2)sc2cc([N+](=O)[O-])ccc21. The summed E-state index contributed by atoms with van der Waals surface area (Å²) >= 11 is 1.27. The number of aromatic nitrogens is 1. The summed E-state index contributed by atoms with van der Waals surface area (Å²) in [5, 5.41) is 11.0. The first-order valence-corrected chi connectivity index (χ1v) is 8.81. The van der Waals surface area contributed by atoms with Gasteiger partial charge in [-0.25, -0.2) is 0 Å². The molecule has 3 aromatic rings. The molecule has 0 aliphatic rings. The lowest BCUT2D eigenvalue weighted by atomic mass is 10.1. The Morgan fingerprint density at radius 2 is 2.12 bits per heavy atom. The molecule has 0 N–H and O–H groups in total. The van der Waals surface area contributed by atoms with Crippen LogP contribution in [-0.2, 0) is 17.8 Å². The summed E-state index contributed by atoms with van der Waals surface area (Å²) in [6, 6.07) is 12.0. The van der Waals surface area contributed by atoms with Crippen LogP contribution in [0.25, 0.3) is 10.2 Å². The van der Waals surface area contributed by atoms with Crippen molar-refractivity contribution in [2.24, 2.45) is 4.99 Å². The zero-order chi connectivity index (χ0) is 18.7. The molecule has 0 spiro atoms. The molecular weight excluding hydrogens is 354 g/mol. The number of carbonyl (C=O) groups excluding carboxylic acids is 1. The summed E-state index contributed by atoms with van der Waals surface area (Å²) in [5.41, 5.74) is 1.67. The molecule has 8 heteroatoms. The minimum absolute atomic E-state index is 0.0243. The van der Waals surface area contributed by atoms with Crippen LogP contribution in [0.2, 0.25) is 0 Å². The van der Waals surface area contributed by atoms with Gasteiger partial charge in [0.25, 0.3) is 11.6 Å². The molecule has 1 amide bonds. The third-order valence-electron chi connectivity index (χ3n) is 3.90. The van der Waals surface area contributed by atoms with E-state index in [9.17, 15) is 14.9 Å². The van der Waals surface area contributed by atoms with Gasteiger partial charge in [0, 0.05) is 18.7 Å². The number of ether oxygens (including phenoxy) is 1. The third kappa shape index (κ3) is 3.65. The Hall–Kier alpha value is -3.00. The van der Waals surface area contributed by atoms with Gasteiger partial charge in [0.15, 0.2) is 4.80 Å². The van der Waals surface area contributed by atoms with Gasteiger partial charge in [0.2, 0.25) is 0 Å². The number of thiazole rings is 1. The van der Waals surface area contributed by atoms with Gasteiger partial charge in [0.1, 0.15) is 5.75 Å². The summed E-state index contributed by atoms with van der Waals surface area (Å²) in [5.74, 6) is 0.412. The number of benzene rings is 2. The van der Waals surface area contributed by atoms with E-state index in [1.807, 2.05) is 29.7 Å². The van der Waals surface area contributed by atoms with E-state index in [-0.39, 0.29) is 18.0 Å². The molecule has 0 aliphatic carbocycles. The lowest BCUT2D eigenvalue weighted by molar-refractivity contribution is -0.384. The lowest BCUT2D eigenvalue weighted by Crippen LogP contribution is -2.16. The van der Waals surface area contributed by atoms with Crippen LogP contribution in [0, 0.1) is 10.1 Å². The molecule has 0 atom stereocenters. The molecule has 0 fully saturated rings. The number of rotatable bonds is 5. The van der Waals surface area contributed by atoms with E-state index in [0.29, 0.717) is 17.1 Å². The smallest absolute Gasteiger partial charge is 0.270 e. The van der Waals surface area contributed by atoms with E-state index in [1.165, 1.54) is 23.5 Å². The Kier molecular flexibility index (Phi) is 5.13. The first-order valence-electron chi connectivity index (χ1n) is 8.00. The number of aryl methyl sites for hydroxylation is 1. The van der Waals surface area contributed by atoms with Gasteiger partial charge in [-0.1, -0.05) is 23.5 Å². The fraction of sp³-hybridized carbons (Fsp3) is 0.222. The molecular formula is C18H17N3O4S. The Morgan fingerprint density at radius 3 is 2.81 bits per heavy atom. The number of methoxy groups -OCH3 is 1. The minimum atomic E-state index is -0.430. The molecule has 3 rings (SSSR count). The average molecular weight is 371 g/mol. The number of nitrogens with zero attached hydrogens (tertiary/aromatic N) is 3. The number of carbonyl (C=O) groups is 1. The predicted molar refractivity (Wildman–Crippen MR) is 99.4 cm³/mol. The Morgan fingerprint density at radius 1 is 1.31 bits per heavy atom. The maximum absolute atomic E-state index is 12.4. The molecule has 0 radical (unpaired) electrons. The topological polar surface area (TPSA) is 86.7 Å². The maximum Gasteiger partial charge on any atom is 0.270 e. The first-order chi connectivity index (χ1) is 12.5. The first kappa shape index (κ1) is 17.8. The van der Waals surface area contributed by atoms with Crippen molar-refractivity contribution in [3.05, 3.63) is 62.9 Å². The molecule has 0 aliphatic heterocycles. The van der Waals surface area contributed by atoms with Gasteiger partial charge < -0.3 is 9.30 Å². The summed E-state index contributed by atoms with van der Waals surface area (Å²) < 4.78 is 7.78. The van der Waals surface area contributed by atoms with Gasteiger partial charge in [-0.05, 0) is 30.7 Å². The highest BCUT2D eigenvalue weighted by Crippen LogP contribution is 2.23. The lowest BCUT2D eigenvalue weighted by Gasteiger charge is -2.02. The van der Waals surface area contributed by atoms with Crippen LogP contribution in [0.5, 0.6) is 5.75 Å². The van der Waals surface area contributed by atoms with Gasteiger partial charge in [0.05, 0.1) is 28.7 Å². The normalized spacial score (nSPS) is 11.7. The van der Waals surface area contributed by atoms with E-state index in [2.05, 4.69) is 4.99 Å². The monoisotopic (exact) mass is 371 g/mol. The Bertz CT molecular complexity index is 1050. The molecule has 0 bridgehead atoms. The van der Waals surface area contributed by atoms with Crippen molar-refractivity contribution in [1.29, 1.82) is 0 Å². The van der Waals surface area contributed by atoms with Gasteiger partial charge in [-0.2, -0.15) is 4.99 Å². The van der Waals surface area contributed by atoms with E-state index >= 15 is 0 Å². The Labute approximate surface area is 153 Å². The van der Waals surface area contributed by atoms with Crippen molar-refractivity contribution >= 4 is 33.1 Å².